The fourth-order valence-corrected chi connectivity index (χ4v) is 3.28. The molecule has 0 saturated carbocycles. The van der Waals surface area contributed by atoms with Crippen molar-refractivity contribution >= 4 is 28.1 Å². The third-order valence-electron chi connectivity index (χ3n) is 4.72. The van der Waals surface area contributed by atoms with Crippen molar-refractivity contribution in [2.24, 2.45) is 0 Å². The van der Waals surface area contributed by atoms with Crippen LogP contribution in [0.15, 0.2) is 61.6 Å². The lowest BCUT2D eigenvalue weighted by Gasteiger charge is -2.11. The molecule has 3 aromatic heterocycles. The zero-order chi connectivity index (χ0) is 21.3. The molecule has 0 atom stereocenters. The molecule has 3 heterocycles. The van der Waals surface area contributed by atoms with Gasteiger partial charge in [-0.2, -0.15) is 5.10 Å². The number of aryl methyl sites for hydroxylation is 1. The quantitative estimate of drug-likeness (QED) is 0.537. The van der Waals surface area contributed by atoms with Gasteiger partial charge in [0.2, 0.25) is 5.88 Å². The molecule has 0 aliphatic carbocycles. The van der Waals surface area contributed by atoms with E-state index < -0.39 is 0 Å². The van der Waals surface area contributed by atoms with Crippen molar-refractivity contribution in [1.82, 2.24) is 19.7 Å². The number of nitrogens with zero attached hydrogens (tertiary/aromatic N) is 4. The molecule has 4 aromatic rings. The Hall–Kier alpha value is -4.00. The van der Waals surface area contributed by atoms with E-state index in [0.717, 1.165) is 33.4 Å². The Labute approximate surface area is 174 Å². The maximum Gasteiger partial charge on any atom is 0.256 e. The van der Waals surface area contributed by atoms with Crippen LogP contribution in [0.3, 0.4) is 0 Å². The highest BCUT2D eigenvalue weighted by Crippen LogP contribution is 2.25. The minimum absolute atomic E-state index is 0.220. The van der Waals surface area contributed by atoms with Crippen LogP contribution >= 0.6 is 0 Å². The maximum absolute atomic E-state index is 12.9. The first kappa shape index (κ1) is 19.3. The van der Waals surface area contributed by atoms with E-state index in [0.29, 0.717) is 17.1 Å². The van der Waals surface area contributed by atoms with Gasteiger partial charge in [0.25, 0.3) is 5.91 Å². The molecule has 0 spiro atoms. The van der Waals surface area contributed by atoms with E-state index in [1.54, 1.807) is 36.4 Å². The summed E-state index contributed by atoms with van der Waals surface area (Å²) in [6.45, 7) is 7.68. The molecule has 7 nitrogen and oxygen atoms in total. The molecule has 1 N–H and O–H groups in total. The second-order valence-electron chi connectivity index (χ2n) is 6.99. The summed E-state index contributed by atoms with van der Waals surface area (Å²) in [6, 6.07) is 11.1. The molecule has 1 amide bonds. The number of aromatic nitrogens is 4. The van der Waals surface area contributed by atoms with Crippen LogP contribution in [0.4, 0.5) is 5.69 Å². The number of amides is 1. The number of ether oxygens (including phenoxy) is 1. The average Bonchev–Trinajstić information content (AvgIpc) is 3.16. The van der Waals surface area contributed by atoms with Gasteiger partial charge in [-0.15, -0.1) is 0 Å². The van der Waals surface area contributed by atoms with E-state index >= 15 is 0 Å². The van der Waals surface area contributed by atoms with Gasteiger partial charge in [-0.1, -0.05) is 6.58 Å². The predicted molar refractivity (Wildman–Crippen MR) is 117 cm³/mol. The highest BCUT2D eigenvalue weighted by atomic mass is 16.5. The third-order valence-corrected chi connectivity index (χ3v) is 4.72. The van der Waals surface area contributed by atoms with Crippen molar-refractivity contribution in [2.75, 3.05) is 12.4 Å². The van der Waals surface area contributed by atoms with Crippen molar-refractivity contribution in [3.05, 3.63) is 78.4 Å². The van der Waals surface area contributed by atoms with Crippen LogP contribution < -0.4 is 10.1 Å². The molecule has 30 heavy (non-hydrogen) atoms. The summed E-state index contributed by atoms with van der Waals surface area (Å²) >= 11 is 0. The van der Waals surface area contributed by atoms with Crippen LogP contribution in [0, 0.1) is 6.92 Å². The topological polar surface area (TPSA) is 81.9 Å². The fraction of sp³-hybridized carbons (Fsp3) is 0.130. The lowest BCUT2D eigenvalue weighted by molar-refractivity contribution is 0.102. The fourth-order valence-electron chi connectivity index (χ4n) is 3.28. The third kappa shape index (κ3) is 3.65. The van der Waals surface area contributed by atoms with Crippen molar-refractivity contribution in [3.8, 4) is 11.6 Å². The van der Waals surface area contributed by atoms with Crippen LogP contribution in [0.25, 0.3) is 22.2 Å². The van der Waals surface area contributed by atoms with Gasteiger partial charge in [0, 0.05) is 40.8 Å². The summed E-state index contributed by atoms with van der Waals surface area (Å²) in [5, 5.41) is 8.41. The molecular formula is C23H21N5O2. The Bertz CT molecular complexity index is 1280. The number of rotatable bonds is 5. The first-order valence-electron chi connectivity index (χ1n) is 9.38. The zero-order valence-electron chi connectivity index (χ0n) is 17.0. The Morgan fingerprint density at radius 2 is 1.97 bits per heavy atom. The predicted octanol–water partition coefficient (Wildman–Crippen LogP) is 4.42. The summed E-state index contributed by atoms with van der Waals surface area (Å²) in [4.78, 5) is 21.3. The Morgan fingerprint density at radius 1 is 1.13 bits per heavy atom. The van der Waals surface area contributed by atoms with Gasteiger partial charge in [0.15, 0.2) is 0 Å². The molecule has 0 bridgehead atoms. The number of carbonyl (C=O) groups excluding carboxylic acids is 1. The second-order valence-corrected chi connectivity index (χ2v) is 6.99. The minimum atomic E-state index is -0.220. The molecule has 0 unspecified atom stereocenters. The van der Waals surface area contributed by atoms with Crippen molar-refractivity contribution in [1.29, 1.82) is 0 Å². The number of benzene rings is 1. The summed E-state index contributed by atoms with van der Waals surface area (Å²) in [6.07, 6.45) is 5.03. The molecule has 0 radical (unpaired) electrons. The van der Waals surface area contributed by atoms with E-state index in [1.165, 1.54) is 0 Å². The molecule has 0 saturated heterocycles. The number of hydrogen-bond donors (Lipinski definition) is 1. The van der Waals surface area contributed by atoms with Crippen LogP contribution in [0.2, 0.25) is 0 Å². The molecule has 4 rings (SSSR count). The Kier molecular flexibility index (Phi) is 5.02. The van der Waals surface area contributed by atoms with Crippen LogP contribution in [-0.2, 0) is 0 Å². The van der Waals surface area contributed by atoms with Gasteiger partial charge in [-0.05, 0) is 49.8 Å². The summed E-state index contributed by atoms with van der Waals surface area (Å²) in [7, 11) is 1.58. The number of anilines is 1. The second kappa shape index (κ2) is 7.79. The molecule has 1 aromatic carbocycles. The lowest BCUT2D eigenvalue weighted by atomic mass is 10.0. The lowest BCUT2D eigenvalue weighted by Crippen LogP contribution is -2.14. The first-order chi connectivity index (χ1) is 14.5. The highest BCUT2D eigenvalue weighted by molar-refractivity contribution is 6.07. The molecule has 0 fully saturated rings. The average molecular weight is 399 g/mol. The van der Waals surface area contributed by atoms with E-state index in [9.17, 15) is 4.79 Å². The summed E-state index contributed by atoms with van der Waals surface area (Å²) < 4.78 is 7.08. The number of methoxy groups -OCH3 is 1. The van der Waals surface area contributed by atoms with Crippen LogP contribution in [-0.4, -0.2) is 32.8 Å². The van der Waals surface area contributed by atoms with E-state index in [-0.39, 0.29) is 5.91 Å². The number of pyridine rings is 2. The highest BCUT2D eigenvalue weighted by Gasteiger charge is 2.14. The molecule has 0 aliphatic rings. The maximum atomic E-state index is 12.9. The largest absolute Gasteiger partial charge is 0.481 e. The SMILES string of the molecule is C=C(C)c1cnccc1C(=O)Nc1ccc2cnn(-c3cc(C)nc(OC)c3)c2c1. The zero-order valence-corrected chi connectivity index (χ0v) is 17.0. The number of nitrogens with one attached hydrogen (secondary N) is 1. The Balaban J connectivity index is 1.71. The van der Waals surface area contributed by atoms with Gasteiger partial charge in [-0.25, -0.2) is 9.67 Å². The van der Waals surface area contributed by atoms with Crippen LogP contribution in [0.1, 0.15) is 28.5 Å². The molecule has 0 aliphatic heterocycles. The number of allylic oxidation sites excluding steroid dienone is 1. The number of carbonyl (C=O) groups is 1. The van der Waals surface area contributed by atoms with Gasteiger partial charge in [-0.3, -0.25) is 9.78 Å². The van der Waals surface area contributed by atoms with Gasteiger partial charge >= 0.3 is 0 Å². The minimum Gasteiger partial charge on any atom is -0.481 e. The normalized spacial score (nSPS) is 10.8. The van der Waals surface area contributed by atoms with Crippen molar-refractivity contribution in [3.63, 3.8) is 0 Å². The van der Waals surface area contributed by atoms with Gasteiger partial charge in [0.05, 0.1) is 30.1 Å². The standard InChI is InChI=1S/C23H21N5O2/c1-14(2)20-13-24-8-7-19(20)23(29)27-17-6-5-16-12-25-28(21(16)10-17)18-9-15(3)26-22(11-18)30-4/h5-13H,1H2,2-4H3,(H,27,29). The molecular weight excluding hydrogens is 378 g/mol. The van der Waals surface area contributed by atoms with Crippen molar-refractivity contribution < 1.29 is 9.53 Å². The summed E-state index contributed by atoms with van der Waals surface area (Å²) in [5.41, 5.74) is 5.20. The molecule has 150 valence electrons. The van der Waals surface area contributed by atoms with Gasteiger partial charge < -0.3 is 10.1 Å². The van der Waals surface area contributed by atoms with E-state index in [4.69, 9.17) is 4.74 Å². The van der Waals surface area contributed by atoms with Crippen molar-refractivity contribution in [2.45, 2.75) is 13.8 Å². The smallest absolute Gasteiger partial charge is 0.256 e. The summed E-state index contributed by atoms with van der Waals surface area (Å²) in [5.74, 6) is 0.297. The number of fused-ring (bicyclic) bond motifs is 1. The van der Waals surface area contributed by atoms with Crippen LogP contribution in [0.5, 0.6) is 5.88 Å². The Morgan fingerprint density at radius 3 is 2.73 bits per heavy atom. The van der Waals surface area contributed by atoms with Gasteiger partial charge in [0.1, 0.15) is 0 Å². The molecule has 7 heteroatoms. The van der Waals surface area contributed by atoms with E-state index in [2.05, 4.69) is 27.0 Å². The number of hydrogen-bond acceptors (Lipinski definition) is 5. The van der Waals surface area contributed by atoms with E-state index in [1.807, 2.05) is 44.2 Å². The first-order valence-corrected chi connectivity index (χ1v) is 9.38. The monoisotopic (exact) mass is 399 g/mol.